The van der Waals surface area contributed by atoms with Gasteiger partial charge in [-0.25, -0.2) is 0 Å². The van der Waals surface area contributed by atoms with Crippen LogP contribution in [0.1, 0.15) is 81.1 Å². The second kappa shape index (κ2) is 16.4. The van der Waals surface area contributed by atoms with Crippen molar-refractivity contribution < 1.29 is 20.8 Å². The third kappa shape index (κ3) is 10.5. The van der Waals surface area contributed by atoms with Gasteiger partial charge in [-0.1, -0.05) is 68.2 Å². The van der Waals surface area contributed by atoms with E-state index in [9.17, 15) is 0 Å². The summed E-state index contributed by atoms with van der Waals surface area (Å²) in [7, 11) is 9.87. The molecule has 2 fully saturated rings. The Kier molecular flexibility index (Phi) is 20.5. The second-order valence-electron chi connectivity index (χ2n) is 8.48. The summed E-state index contributed by atoms with van der Waals surface area (Å²) in [5, 5.41) is 0. The van der Waals surface area contributed by atoms with Crippen LogP contribution in [-0.2, 0) is 20.8 Å². The van der Waals surface area contributed by atoms with Crippen molar-refractivity contribution in [3.63, 3.8) is 0 Å². The molecule has 25 heavy (non-hydrogen) atoms. The molecule has 2 aliphatic carbocycles. The summed E-state index contributed by atoms with van der Waals surface area (Å²) in [5.41, 5.74) is 0. The van der Waals surface area contributed by atoms with E-state index in [1.807, 2.05) is 0 Å². The van der Waals surface area contributed by atoms with Gasteiger partial charge in [-0.05, 0) is 60.2 Å². The Hall–Kier alpha value is 1.46. The van der Waals surface area contributed by atoms with E-state index in [0.717, 1.165) is 47.3 Å². The first-order valence-corrected chi connectivity index (χ1v) is 16.0. The molecule has 2 saturated carbocycles. The van der Waals surface area contributed by atoms with Gasteiger partial charge in [0.25, 0.3) is 0 Å². The van der Waals surface area contributed by atoms with Gasteiger partial charge in [0, 0.05) is 0 Å². The molecule has 0 aliphatic heterocycles. The van der Waals surface area contributed by atoms with Crippen LogP contribution in [0.15, 0.2) is 0 Å². The molecule has 0 N–H and O–H groups in total. The number of halogens is 2. The minimum atomic E-state index is -0.826. The van der Waals surface area contributed by atoms with Crippen LogP contribution >= 0.6 is 17.0 Å². The summed E-state index contributed by atoms with van der Waals surface area (Å²) < 4.78 is 0. The molecule has 0 saturated heterocycles. The fourth-order valence-corrected chi connectivity index (χ4v) is 4.85. The molecule has 2 aliphatic rings. The second-order valence-corrected chi connectivity index (χ2v) is 12.2. The maximum absolute atomic E-state index is 4.93. The van der Waals surface area contributed by atoms with Gasteiger partial charge in [0.05, 0.1) is 0 Å². The Morgan fingerprint density at radius 2 is 1.00 bits per heavy atom. The summed E-state index contributed by atoms with van der Waals surface area (Å²) >= 11 is -0.826. The van der Waals surface area contributed by atoms with Gasteiger partial charge < -0.3 is 14.9 Å². The molecule has 0 amide bonds. The molecule has 0 bridgehead atoms. The molecule has 0 aromatic carbocycles. The van der Waals surface area contributed by atoms with E-state index in [-0.39, 0.29) is 14.9 Å². The van der Waals surface area contributed by atoms with Crippen LogP contribution in [0.25, 0.3) is 0 Å². The Morgan fingerprint density at radius 1 is 0.680 bits per heavy atom. The van der Waals surface area contributed by atoms with E-state index in [2.05, 4.69) is 55.4 Å². The molecular weight excluding hydrogens is 426 g/mol. The Balaban J connectivity index is -0.000000317. The fraction of sp³-hybridized carbons (Fsp3) is 0.909. The van der Waals surface area contributed by atoms with E-state index >= 15 is 0 Å². The standard InChI is InChI=1S/C11H22.C9H18.2CH3.2ClH.Zr/c1-5-6-11-9(3)7-8(2)10(11)4;1-6-5-7(2)9(4)8(6)3;;;;;/h8-11H,5-7H2,1-4H3;6-9H,5H2,1-4H3;2*1H3;2*1H;/q;;2*-1;;;+4/p-2. The zero-order chi connectivity index (χ0) is 18.2. The Labute approximate surface area is 180 Å². The van der Waals surface area contributed by atoms with E-state index < -0.39 is 20.8 Å². The Bertz CT molecular complexity index is 286. The van der Waals surface area contributed by atoms with Gasteiger partial charge in [-0.2, -0.15) is 0 Å². The molecule has 8 atom stereocenters. The molecule has 3 heteroatoms. The molecule has 8 unspecified atom stereocenters. The average Bonchev–Trinajstić information content (AvgIpc) is 2.85. The van der Waals surface area contributed by atoms with Gasteiger partial charge in [-0.15, -0.1) is 0 Å². The topological polar surface area (TPSA) is 0 Å². The zero-order valence-electron chi connectivity index (χ0n) is 18.7. The van der Waals surface area contributed by atoms with Crippen LogP contribution in [0.2, 0.25) is 0 Å². The molecule has 0 spiro atoms. The molecule has 0 aromatic rings. The quantitative estimate of drug-likeness (QED) is 0.352. The van der Waals surface area contributed by atoms with Gasteiger partial charge in [-0.3, -0.25) is 0 Å². The minimum absolute atomic E-state index is 0. The van der Waals surface area contributed by atoms with Crippen molar-refractivity contribution in [2.24, 2.45) is 47.3 Å². The fourth-order valence-electron chi connectivity index (χ4n) is 4.85. The van der Waals surface area contributed by atoms with Crippen molar-refractivity contribution >= 4 is 17.0 Å². The molecule has 0 aromatic heterocycles. The summed E-state index contributed by atoms with van der Waals surface area (Å²) in [5.74, 6) is 7.81. The van der Waals surface area contributed by atoms with Crippen molar-refractivity contribution in [2.75, 3.05) is 0 Å². The number of hydrogen-bond donors (Lipinski definition) is 0. The molecule has 0 nitrogen and oxygen atoms in total. The third-order valence-electron chi connectivity index (χ3n) is 7.04. The SMILES string of the molecule is CC1CC(C)C(C)C1C.CCCC1C(C)CC(C)C1C.[CH3-].[CH3-].[Cl][Zr+2][Cl]. The first-order chi connectivity index (χ1) is 10.7. The summed E-state index contributed by atoms with van der Waals surface area (Å²) in [4.78, 5) is 0. The first kappa shape index (κ1) is 31.2. The normalized spacial score (nSPS) is 38.8. The van der Waals surface area contributed by atoms with Crippen molar-refractivity contribution in [1.82, 2.24) is 0 Å². The van der Waals surface area contributed by atoms with Crippen LogP contribution in [0.3, 0.4) is 0 Å². The van der Waals surface area contributed by atoms with Gasteiger partial charge in [0.1, 0.15) is 0 Å². The predicted molar refractivity (Wildman–Crippen MR) is 116 cm³/mol. The van der Waals surface area contributed by atoms with E-state index in [1.165, 1.54) is 25.7 Å². The van der Waals surface area contributed by atoms with Crippen LogP contribution in [0, 0.1) is 62.2 Å². The zero-order valence-corrected chi connectivity index (χ0v) is 22.7. The summed E-state index contributed by atoms with van der Waals surface area (Å²) in [6.07, 6.45) is 5.73. The molecule has 152 valence electrons. The molecule has 0 heterocycles. The monoisotopic (exact) mass is 470 g/mol. The van der Waals surface area contributed by atoms with Crippen molar-refractivity contribution in [3.8, 4) is 0 Å². The number of rotatable bonds is 2. The molecule has 0 radical (unpaired) electrons. The predicted octanol–water partition coefficient (Wildman–Crippen LogP) is 8.93. The van der Waals surface area contributed by atoms with Crippen molar-refractivity contribution in [1.29, 1.82) is 0 Å². The first-order valence-electron chi connectivity index (χ1n) is 9.67. The van der Waals surface area contributed by atoms with E-state index in [1.54, 1.807) is 0 Å². The van der Waals surface area contributed by atoms with Gasteiger partial charge in [0.15, 0.2) is 0 Å². The van der Waals surface area contributed by atoms with Crippen molar-refractivity contribution in [3.05, 3.63) is 14.9 Å². The van der Waals surface area contributed by atoms with Gasteiger partial charge in [0.2, 0.25) is 0 Å². The molecule has 2 rings (SSSR count). The number of hydrogen-bond acceptors (Lipinski definition) is 0. The third-order valence-corrected chi connectivity index (χ3v) is 7.04. The van der Waals surface area contributed by atoms with Crippen molar-refractivity contribution in [2.45, 2.75) is 81.1 Å². The maximum atomic E-state index is 4.93. The average molecular weight is 473 g/mol. The summed E-state index contributed by atoms with van der Waals surface area (Å²) in [6.45, 7) is 19.1. The summed E-state index contributed by atoms with van der Waals surface area (Å²) in [6, 6.07) is 0. The van der Waals surface area contributed by atoms with E-state index in [0.29, 0.717) is 0 Å². The van der Waals surface area contributed by atoms with Crippen LogP contribution < -0.4 is 0 Å². The van der Waals surface area contributed by atoms with Crippen LogP contribution in [0.5, 0.6) is 0 Å². The van der Waals surface area contributed by atoms with Crippen LogP contribution in [0.4, 0.5) is 0 Å². The van der Waals surface area contributed by atoms with Crippen LogP contribution in [-0.4, -0.2) is 0 Å². The van der Waals surface area contributed by atoms with E-state index in [4.69, 9.17) is 17.0 Å². The molecular formula is C22H46Cl2Zr. The Morgan fingerprint density at radius 3 is 1.20 bits per heavy atom. The van der Waals surface area contributed by atoms with Gasteiger partial charge >= 0.3 is 37.9 Å².